The lowest BCUT2D eigenvalue weighted by molar-refractivity contribution is -0.141. The molecular formula is C20H24F3N5O. The van der Waals surface area contributed by atoms with Gasteiger partial charge in [-0.05, 0) is 30.4 Å². The van der Waals surface area contributed by atoms with E-state index in [1.807, 2.05) is 24.3 Å². The van der Waals surface area contributed by atoms with Crippen LogP contribution in [0.25, 0.3) is 5.78 Å². The molecule has 3 rings (SSSR count). The Morgan fingerprint density at radius 1 is 1.03 bits per heavy atom. The van der Waals surface area contributed by atoms with Crippen molar-refractivity contribution in [3.8, 4) is 0 Å². The van der Waals surface area contributed by atoms with Gasteiger partial charge >= 0.3 is 6.18 Å². The van der Waals surface area contributed by atoms with Crippen LogP contribution in [0.15, 0.2) is 36.7 Å². The predicted molar refractivity (Wildman–Crippen MR) is 104 cm³/mol. The molecule has 0 unspecified atom stereocenters. The third-order valence-corrected chi connectivity index (χ3v) is 4.65. The normalized spacial score (nSPS) is 14.2. The molecule has 3 aromatic rings. The maximum Gasteiger partial charge on any atom is 0.433 e. The number of nitrogens with zero attached hydrogens (tertiary/aromatic N) is 4. The van der Waals surface area contributed by atoms with Crippen LogP contribution in [-0.2, 0) is 11.6 Å². The largest absolute Gasteiger partial charge is 0.433 e. The molecule has 1 atom stereocenters. The van der Waals surface area contributed by atoms with Crippen molar-refractivity contribution in [2.24, 2.45) is 0 Å². The first-order valence-corrected chi connectivity index (χ1v) is 9.14. The minimum atomic E-state index is -4.64. The molecule has 0 fully saturated rings. The van der Waals surface area contributed by atoms with Crippen LogP contribution >= 0.6 is 0 Å². The molecule has 0 amide bonds. The molecule has 0 aliphatic heterocycles. The second-order valence-corrected chi connectivity index (χ2v) is 8.60. The molecule has 0 spiro atoms. The number of benzene rings is 1. The number of rotatable bonds is 4. The van der Waals surface area contributed by atoms with Gasteiger partial charge in [0.25, 0.3) is 5.78 Å². The third-order valence-electron chi connectivity index (χ3n) is 4.65. The molecule has 0 radical (unpaired) electrons. The van der Waals surface area contributed by atoms with E-state index in [0.29, 0.717) is 0 Å². The van der Waals surface area contributed by atoms with E-state index in [9.17, 15) is 18.3 Å². The average Bonchev–Trinajstić information content (AvgIpc) is 3.05. The molecule has 0 saturated carbocycles. The zero-order valence-electron chi connectivity index (χ0n) is 16.9. The number of nitrogens with one attached hydrogen (secondary N) is 1. The summed E-state index contributed by atoms with van der Waals surface area (Å²) < 4.78 is 40.9. The minimum Gasteiger partial charge on any atom is -0.388 e. The van der Waals surface area contributed by atoms with Crippen molar-refractivity contribution in [2.75, 3.05) is 5.32 Å². The Bertz CT molecular complexity index is 998. The van der Waals surface area contributed by atoms with E-state index in [0.717, 1.165) is 23.5 Å². The van der Waals surface area contributed by atoms with Gasteiger partial charge in [-0.25, -0.2) is 4.98 Å². The summed E-state index contributed by atoms with van der Waals surface area (Å²) in [5, 5.41) is 17.7. The number of fused-ring (bicyclic) bond motifs is 1. The summed E-state index contributed by atoms with van der Waals surface area (Å²) in [5.41, 5.74) is -0.576. The third kappa shape index (κ3) is 4.50. The molecule has 29 heavy (non-hydrogen) atoms. The maximum absolute atomic E-state index is 13.3. The molecule has 0 saturated heterocycles. The van der Waals surface area contributed by atoms with Crippen LogP contribution in [0.2, 0.25) is 0 Å². The number of aliphatic hydroxyl groups is 1. The van der Waals surface area contributed by atoms with E-state index in [1.54, 1.807) is 13.8 Å². The number of hydrogen-bond donors (Lipinski definition) is 2. The Hall–Kier alpha value is -2.68. The Morgan fingerprint density at radius 2 is 1.66 bits per heavy atom. The van der Waals surface area contributed by atoms with Crippen LogP contribution in [0.4, 0.5) is 19.0 Å². The van der Waals surface area contributed by atoms with E-state index in [4.69, 9.17) is 0 Å². The van der Waals surface area contributed by atoms with Crippen molar-refractivity contribution in [2.45, 2.75) is 57.9 Å². The summed E-state index contributed by atoms with van der Waals surface area (Å²) in [6, 6.07) is 7.79. The molecule has 1 aromatic carbocycles. The molecule has 6 nitrogen and oxygen atoms in total. The van der Waals surface area contributed by atoms with Gasteiger partial charge < -0.3 is 10.4 Å². The van der Waals surface area contributed by atoms with Crippen LogP contribution in [-0.4, -0.2) is 30.3 Å². The zero-order chi connectivity index (χ0) is 21.6. The van der Waals surface area contributed by atoms with E-state index in [-0.39, 0.29) is 17.0 Å². The minimum absolute atomic E-state index is 0.0341. The Morgan fingerprint density at radius 3 is 2.17 bits per heavy atom. The van der Waals surface area contributed by atoms with Crippen LogP contribution in [0.1, 0.15) is 57.5 Å². The van der Waals surface area contributed by atoms with Gasteiger partial charge in [-0.1, -0.05) is 45.0 Å². The Kier molecular flexibility index (Phi) is 5.06. The topological polar surface area (TPSA) is 75.3 Å². The highest BCUT2D eigenvalue weighted by Crippen LogP contribution is 2.34. The van der Waals surface area contributed by atoms with Crippen molar-refractivity contribution in [1.29, 1.82) is 0 Å². The highest BCUT2D eigenvalue weighted by Gasteiger charge is 2.35. The summed E-state index contributed by atoms with van der Waals surface area (Å²) in [6.07, 6.45) is -3.51. The molecular weight excluding hydrogens is 383 g/mol. The summed E-state index contributed by atoms with van der Waals surface area (Å²) in [6.45, 7) is 9.44. The predicted octanol–water partition coefficient (Wildman–Crippen LogP) is 4.36. The van der Waals surface area contributed by atoms with E-state index in [1.165, 1.54) is 4.52 Å². The summed E-state index contributed by atoms with van der Waals surface area (Å²) in [4.78, 5) is 7.28. The number of hydrogen-bond acceptors (Lipinski definition) is 5. The number of alkyl halides is 3. The average molecular weight is 407 g/mol. The molecule has 9 heteroatoms. The Balaban J connectivity index is 2.06. The van der Waals surface area contributed by atoms with Gasteiger partial charge in [-0.3, -0.25) is 0 Å². The summed E-state index contributed by atoms with van der Waals surface area (Å²) in [5.74, 6) is -0.147. The maximum atomic E-state index is 13.3. The number of anilines is 1. The lowest BCUT2D eigenvalue weighted by Crippen LogP contribution is -2.35. The quantitative estimate of drug-likeness (QED) is 0.672. The van der Waals surface area contributed by atoms with Crippen molar-refractivity contribution in [3.63, 3.8) is 0 Å². The van der Waals surface area contributed by atoms with Crippen molar-refractivity contribution in [3.05, 3.63) is 53.5 Å². The second kappa shape index (κ2) is 6.98. The lowest BCUT2D eigenvalue weighted by atomic mass is 9.84. The van der Waals surface area contributed by atoms with Gasteiger partial charge in [0.05, 0.1) is 11.6 Å². The highest BCUT2D eigenvalue weighted by atomic mass is 19.4. The first-order valence-electron chi connectivity index (χ1n) is 9.14. The number of aromatic nitrogens is 4. The zero-order valence-corrected chi connectivity index (χ0v) is 16.9. The first-order chi connectivity index (χ1) is 13.3. The van der Waals surface area contributed by atoms with Gasteiger partial charge in [0.15, 0.2) is 5.69 Å². The van der Waals surface area contributed by atoms with Gasteiger partial charge in [-0.15, -0.1) is 0 Å². The van der Waals surface area contributed by atoms with Gasteiger partial charge in [0.1, 0.15) is 12.1 Å². The smallest absolute Gasteiger partial charge is 0.388 e. The summed E-state index contributed by atoms with van der Waals surface area (Å²) in [7, 11) is 0. The fourth-order valence-corrected chi connectivity index (χ4v) is 3.05. The molecule has 2 aromatic heterocycles. The van der Waals surface area contributed by atoms with Crippen LogP contribution in [0.3, 0.4) is 0 Å². The van der Waals surface area contributed by atoms with Crippen LogP contribution in [0, 0.1) is 0 Å². The van der Waals surface area contributed by atoms with Crippen molar-refractivity contribution < 1.29 is 18.3 Å². The van der Waals surface area contributed by atoms with Gasteiger partial charge in [0.2, 0.25) is 0 Å². The van der Waals surface area contributed by atoms with E-state index in [2.05, 4.69) is 41.2 Å². The molecule has 156 valence electrons. The fraction of sp³-hybridized carbons (Fsp3) is 0.450. The highest BCUT2D eigenvalue weighted by molar-refractivity contribution is 5.48. The molecule has 0 aliphatic rings. The van der Waals surface area contributed by atoms with Crippen LogP contribution < -0.4 is 5.32 Å². The standard InChI is InChI=1S/C20H24F3N5O/c1-18(2,3)13-8-6-12(7-9-13)16(19(4,5)29)27-15-10-14(20(21,22)23)26-17-24-11-25-28(15)17/h6-11,16,27,29H,1-5H3/t16-/m0/s1. The molecule has 0 aliphatic carbocycles. The van der Waals surface area contributed by atoms with Crippen molar-refractivity contribution in [1.82, 2.24) is 19.6 Å². The molecule has 2 N–H and O–H groups in total. The van der Waals surface area contributed by atoms with E-state index >= 15 is 0 Å². The van der Waals surface area contributed by atoms with Crippen molar-refractivity contribution >= 4 is 11.6 Å². The SMILES string of the molecule is CC(C)(C)c1ccc([C@H](Nc2cc(C(F)(F)F)nc3ncnn23)C(C)(C)O)cc1. The van der Waals surface area contributed by atoms with E-state index < -0.39 is 23.5 Å². The lowest BCUT2D eigenvalue weighted by Gasteiger charge is -2.32. The van der Waals surface area contributed by atoms with Crippen LogP contribution in [0.5, 0.6) is 0 Å². The monoisotopic (exact) mass is 407 g/mol. The molecule has 0 bridgehead atoms. The summed E-state index contributed by atoms with van der Waals surface area (Å²) >= 11 is 0. The van der Waals surface area contributed by atoms with Gasteiger partial charge in [-0.2, -0.15) is 27.8 Å². The van der Waals surface area contributed by atoms with Gasteiger partial charge in [0, 0.05) is 6.07 Å². The molecule has 2 heterocycles. The first kappa shape index (κ1) is 21.0. The Labute approximate surface area is 166 Å². The second-order valence-electron chi connectivity index (χ2n) is 8.60. The number of halogens is 3. The fourth-order valence-electron chi connectivity index (χ4n) is 3.05.